The van der Waals surface area contributed by atoms with E-state index < -0.39 is 0 Å². The summed E-state index contributed by atoms with van der Waals surface area (Å²) in [4.78, 5) is 27.1. The van der Waals surface area contributed by atoms with Crippen LogP contribution in [0.1, 0.15) is 43.7 Å². The Morgan fingerprint density at radius 1 is 1.14 bits per heavy atom. The van der Waals surface area contributed by atoms with Gasteiger partial charge in [0.2, 0.25) is 11.3 Å². The SMILES string of the molecule is CC(C)c1ccc(CN(C(=O)Cn2ncc(=O)c3ccccc32)C2CC2)cc1. The molecule has 144 valence electrons. The highest BCUT2D eigenvalue weighted by atomic mass is 16.2. The van der Waals surface area contributed by atoms with Gasteiger partial charge in [-0.3, -0.25) is 14.3 Å². The Labute approximate surface area is 164 Å². The lowest BCUT2D eigenvalue weighted by atomic mass is 10.0. The number of amides is 1. The third kappa shape index (κ3) is 3.84. The Hall–Kier alpha value is -2.95. The van der Waals surface area contributed by atoms with Crippen LogP contribution in [0.3, 0.4) is 0 Å². The van der Waals surface area contributed by atoms with Gasteiger partial charge in [0.25, 0.3) is 0 Å². The molecular formula is C23H25N3O2. The number of hydrogen-bond donors (Lipinski definition) is 0. The van der Waals surface area contributed by atoms with Crippen LogP contribution in [0.4, 0.5) is 0 Å². The Bertz CT molecular complexity index is 1050. The molecule has 1 heterocycles. The quantitative estimate of drug-likeness (QED) is 0.660. The molecule has 0 unspecified atom stereocenters. The van der Waals surface area contributed by atoms with Crippen LogP contribution in [0.25, 0.3) is 10.9 Å². The minimum Gasteiger partial charge on any atom is -0.334 e. The first-order valence-electron chi connectivity index (χ1n) is 9.86. The van der Waals surface area contributed by atoms with Crippen molar-refractivity contribution in [2.45, 2.75) is 51.7 Å². The predicted octanol–water partition coefficient (Wildman–Crippen LogP) is 3.71. The van der Waals surface area contributed by atoms with Crippen molar-refractivity contribution in [2.75, 3.05) is 0 Å². The number of carbonyl (C=O) groups is 1. The molecule has 0 spiro atoms. The molecule has 1 amide bonds. The summed E-state index contributed by atoms with van der Waals surface area (Å²) in [5.74, 6) is 0.534. The zero-order chi connectivity index (χ0) is 19.7. The minimum atomic E-state index is -0.122. The Kier molecular flexibility index (Phi) is 4.99. The number of nitrogens with zero attached hydrogens (tertiary/aromatic N) is 3. The molecule has 1 saturated carbocycles. The second-order valence-electron chi connectivity index (χ2n) is 7.83. The molecule has 0 saturated heterocycles. The van der Waals surface area contributed by atoms with Crippen molar-refractivity contribution in [1.82, 2.24) is 14.7 Å². The lowest BCUT2D eigenvalue weighted by Crippen LogP contribution is -2.36. The zero-order valence-corrected chi connectivity index (χ0v) is 16.3. The smallest absolute Gasteiger partial charge is 0.244 e. The predicted molar refractivity (Wildman–Crippen MR) is 110 cm³/mol. The van der Waals surface area contributed by atoms with Crippen molar-refractivity contribution in [2.24, 2.45) is 0 Å². The first kappa shape index (κ1) is 18.4. The zero-order valence-electron chi connectivity index (χ0n) is 16.3. The number of hydrogen-bond acceptors (Lipinski definition) is 3. The second kappa shape index (κ2) is 7.58. The molecule has 0 atom stereocenters. The van der Waals surface area contributed by atoms with Gasteiger partial charge < -0.3 is 4.90 Å². The molecule has 0 radical (unpaired) electrons. The monoisotopic (exact) mass is 375 g/mol. The van der Waals surface area contributed by atoms with Crippen molar-refractivity contribution in [3.63, 3.8) is 0 Å². The van der Waals surface area contributed by atoms with E-state index in [-0.39, 0.29) is 17.9 Å². The van der Waals surface area contributed by atoms with Crippen molar-refractivity contribution in [3.8, 4) is 0 Å². The van der Waals surface area contributed by atoms with Gasteiger partial charge in [-0.2, -0.15) is 5.10 Å². The van der Waals surface area contributed by atoms with E-state index in [4.69, 9.17) is 0 Å². The largest absolute Gasteiger partial charge is 0.334 e. The highest BCUT2D eigenvalue weighted by molar-refractivity contribution is 5.81. The summed E-state index contributed by atoms with van der Waals surface area (Å²) in [5, 5.41) is 4.79. The molecule has 5 heteroatoms. The van der Waals surface area contributed by atoms with Crippen LogP contribution in [-0.2, 0) is 17.9 Å². The van der Waals surface area contributed by atoms with Gasteiger partial charge in [0.15, 0.2) is 0 Å². The first-order chi connectivity index (χ1) is 13.5. The van der Waals surface area contributed by atoms with Gasteiger partial charge in [-0.15, -0.1) is 0 Å². The topological polar surface area (TPSA) is 55.2 Å². The summed E-state index contributed by atoms with van der Waals surface area (Å²) in [6.07, 6.45) is 3.39. The van der Waals surface area contributed by atoms with E-state index in [0.29, 0.717) is 29.4 Å². The van der Waals surface area contributed by atoms with E-state index in [1.54, 1.807) is 10.7 Å². The van der Waals surface area contributed by atoms with Crippen LogP contribution in [0, 0.1) is 0 Å². The van der Waals surface area contributed by atoms with Crippen LogP contribution in [0.2, 0.25) is 0 Å². The molecule has 0 bridgehead atoms. The average molecular weight is 375 g/mol. The molecule has 1 aromatic heterocycles. The lowest BCUT2D eigenvalue weighted by Gasteiger charge is -2.23. The van der Waals surface area contributed by atoms with Crippen molar-refractivity contribution >= 4 is 16.8 Å². The lowest BCUT2D eigenvalue weighted by molar-refractivity contribution is -0.133. The van der Waals surface area contributed by atoms with Crippen molar-refractivity contribution < 1.29 is 4.79 Å². The number of para-hydroxylation sites is 1. The Morgan fingerprint density at radius 2 is 1.86 bits per heavy atom. The van der Waals surface area contributed by atoms with Crippen LogP contribution >= 0.6 is 0 Å². The molecule has 2 aromatic carbocycles. The third-order valence-corrected chi connectivity index (χ3v) is 5.35. The number of aromatic nitrogens is 2. The second-order valence-corrected chi connectivity index (χ2v) is 7.83. The molecular weight excluding hydrogens is 350 g/mol. The highest BCUT2D eigenvalue weighted by Crippen LogP contribution is 2.29. The molecule has 0 aliphatic heterocycles. The molecule has 4 rings (SSSR count). The number of benzene rings is 2. The molecule has 28 heavy (non-hydrogen) atoms. The third-order valence-electron chi connectivity index (χ3n) is 5.35. The molecule has 1 aliphatic carbocycles. The fourth-order valence-electron chi connectivity index (χ4n) is 3.52. The maximum Gasteiger partial charge on any atom is 0.244 e. The van der Waals surface area contributed by atoms with E-state index in [0.717, 1.165) is 18.4 Å². The van der Waals surface area contributed by atoms with Gasteiger partial charge in [-0.05, 0) is 42.0 Å². The van der Waals surface area contributed by atoms with Gasteiger partial charge in [-0.1, -0.05) is 50.2 Å². The molecule has 1 fully saturated rings. The summed E-state index contributed by atoms with van der Waals surface area (Å²) in [6.45, 7) is 5.11. The molecule has 5 nitrogen and oxygen atoms in total. The first-order valence-corrected chi connectivity index (χ1v) is 9.86. The summed E-state index contributed by atoms with van der Waals surface area (Å²) < 4.78 is 1.64. The van der Waals surface area contributed by atoms with Crippen LogP contribution < -0.4 is 5.43 Å². The van der Waals surface area contributed by atoms with E-state index >= 15 is 0 Å². The van der Waals surface area contributed by atoms with Gasteiger partial charge in [0.05, 0.1) is 11.7 Å². The molecule has 0 N–H and O–H groups in total. The summed E-state index contributed by atoms with van der Waals surface area (Å²) >= 11 is 0. The maximum atomic E-state index is 13.1. The van der Waals surface area contributed by atoms with Gasteiger partial charge in [-0.25, -0.2) is 0 Å². The fourth-order valence-corrected chi connectivity index (χ4v) is 3.52. The van der Waals surface area contributed by atoms with Crippen molar-refractivity contribution in [3.05, 3.63) is 76.1 Å². The Morgan fingerprint density at radius 3 is 2.54 bits per heavy atom. The van der Waals surface area contributed by atoms with E-state index in [9.17, 15) is 9.59 Å². The molecule has 3 aromatic rings. The van der Waals surface area contributed by atoms with Crippen LogP contribution in [0.5, 0.6) is 0 Å². The average Bonchev–Trinajstić information content (AvgIpc) is 3.54. The van der Waals surface area contributed by atoms with Crippen LogP contribution in [-0.4, -0.2) is 26.6 Å². The summed E-state index contributed by atoms with van der Waals surface area (Å²) in [5.41, 5.74) is 3.02. The maximum absolute atomic E-state index is 13.1. The fraction of sp³-hybridized carbons (Fsp3) is 0.348. The van der Waals surface area contributed by atoms with Crippen molar-refractivity contribution in [1.29, 1.82) is 0 Å². The Balaban J connectivity index is 1.55. The van der Waals surface area contributed by atoms with Gasteiger partial charge in [0, 0.05) is 18.0 Å². The van der Waals surface area contributed by atoms with Gasteiger partial charge in [0.1, 0.15) is 6.54 Å². The molecule has 1 aliphatic rings. The van der Waals surface area contributed by atoms with Crippen LogP contribution in [0.15, 0.2) is 59.5 Å². The summed E-state index contributed by atoms with van der Waals surface area (Å²) in [7, 11) is 0. The number of rotatable bonds is 6. The normalized spacial score (nSPS) is 13.8. The van der Waals surface area contributed by atoms with E-state index in [1.165, 1.54) is 11.8 Å². The number of fused-ring (bicyclic) bond motifs is 1. The van der Waals surface area contributed by atoms with E-state index in [1.807, 2.05) is 23.1 Å². The van der Waals surface area contributed by atoms with E-state index in [2.05, 4.69) is 43.2 Å². The summed E-state index contributed by atoms with van der Waals surface area (Å²) in [6, 6.07) is 16.1. The standard InChI is InChI=1S/C23H25N3O2/c1-16(2)18-9-7-17(8-10-18)14-25(19-11-12-19)23(28)15-26-21-6-4-3-5-20(21)22(27)13-24-26/h3-10,13,16,19H,11-12,14-15H2,1-2H3. The minimum absolute atomic E-state index is 0.0386. The highest BCUT2D eigenvalue weighted by Gasteiger charge is 2.32. The van der Waals surface area contributed by atoms with Gasteiger partial charge >= 0.3 is 0 Å². The number of carbonyl (C=O) groups excluding carboxylic acids is 1.